The van der Waals surface area contributed by atoms with E-state index in [1.54, 1.807) is 45.0 Å². The lowest BCUT2D eigenvalue weighted by Crippen LogP contribution is -2.53. The number of hydrogen-bond acceptors (Lipinski definition) is 5. The van der Waals surface area contributed by atoms with Crippen LogP contribution in [-0.2, 0) is 14.3 Å². The van der Waals surface area contributed by atoms with Crippen molar-refractivity contribution in [2.45, 2.75) is 72.6 Å². The normalized spacial score (nSPS) is 12.5. The Morgan fingerprint density at radius 2 is 1.67 bits per heavy atom. The van der Waals surface area contributed by atoms with Gasteiger partial charge in [0, 0.05) is 11.3 Å². The van der Waals surface area contributed by atoms with Crippen molar-refractivity contribution in [3.63, 3.8) is 0 Å². The SMILES string of the molecule is C#Cc1ccccc1C(C(=O)Nc1c(C)cccc1C)N(CC#N)C(=O)C(CC(C)C)NC(=O)OC(C)(C)C. The third kappa shape index (κ3) is 8.61. The molecule has 0 radical (unpaired) electrons. The summed E-state index contributed by atoms with van der Waals surface area (Å²) in [5, 5.41) is 15.3. The molecule has 3 amide bonds. The molecule has 0 fully saturated rings. The van der Waals surface area contributed by atoms with Crippen molar-refractivity contribution in [2.24, 2.45) is 5.92 Å². The van der Waals surface area contributed by atoms with Crippen LogP contribution in [0, 0.1) is 43.4 Å². The molecule has 2 rings (SSSR count). The van der Waals surface area contributed by atoms with Gasteiger partial charge in [-0.2, -0.15) is 5.26 Å². The first-order valence-corrected chi connectivity index (χ1v) is 12.9. The average Bonchev–Trinajstić information content (AvgIpc) is 2.84. The van der Waals surface area contributed by atoms with Crippen LogP contribution in [0.15, 0.2) is 42.5 Å². The largest absolute Gasteiger partial charge is 0.444 e. The summed E-state index contributed by atoms with van der Waals surface area (Å²) in [5.41, 5.74) is 2.33. The van der Waals surface area contributed by atoms with E-state index in [4.69, 9.17) is 11.2 Å². The Kier molecular flexibility index (Phi) is 10.7. The van der Waals surface area contributed by atoms with Gasteiger partial charge in [-0.3, -0.25) is 9.59 Å². The zero-order valence-corrected chi connectivity index (χ0v) is 23.8. The maximum atomic E-state index is 14.0. The molecule has 2 atom stereocenters. The Morgan fingerprint density at radius 3 is 2.21 bits per heavy atom. The maximum absolute atomic E-state index is 14.0. The van der Waals surface area contributed by atoms with E-state index in [2.05, 4.69) is 16.6 Å². The average molecular weight is 531 g/mol. The fourth-order valence-corrected chi connectivity index (χ4v) is 4.24. The van der Waals surface area contributed by atoms with Crippen molar-refractivity contribution in [1.29, 1.82) is 5.26 Å². The van der Waals surface area contributed by atoms with Crippen molar-refractivity contribution >= 4 is 23.6 Å². The maximum Gasteiger partial charge on any atom is 0.408 e. The van der Waals surface area contributed by atoms with Crippen LogP contribution >= 0.6 is 0 Å². The van der Waals surface area contributed by atoms with E-state index in [1.807, 2.05) is 52.0 Å². The molecule has 8 heteroatoms. The minimum Gasteiger partial charge on any atom is -0.444 e. The van der Waals surface area contributed by atoms with Crippen LogP contribution in [0.3, 0.4) is 0 Å². The summed E-state index contributed by atoms with van der Waals surface area (Å²) in [5.74, 6) is 1.47. The monoisotopic (exact) mass is 530 g/mol. The van der Waals surface area contributed by atoms with E-state index in [9.17, 15) is 19.6 Å². The molecule has 0 heterocycles. The number of amides is 3. The van der Waals surface area contributed by atoms with Gasteiger partial charge in [0.25, 0.3) is 5.91 Å². The van der Waals surface area contributed by atoms with Gasteiger partial charge in [-0.1, -0.05) is 56.2 Å². The number of carbonyl (C=O) groups is 3. The molecule has 0 aromatic heterocycles. The molecule has 2 aromatic carbocycles. The topological polar surface area (TPSA) is 112 Å². The van der Waals surface area contributed by atoms with Crippen LogP contribution in [0.1, 0.15) is 69.3 Å². The van der Waals surface area contributed by atoms with E-state index in [-0.39, 0.29) is 12.3 Å². The number of nitriles is 1. The summed E-state index contributed by atoms with van der Waals surface area (Å²) >= 11 is 0. The summed E-state index contributed by atoms with van der Waals surface area (Å²) < 4.78 is 5.38. The molecule has 2 unspecified atom stereocenters. The van der Waals surface area contributed by atoms with Crippen molar-refractivity contribution in [3.8, 4) is 18.4 Å². The molecule has 2 N–H and O–H groups in total. The number of carbonyl (C=O) groups excluding carboxylic acids is 3. The highest BCUT2D eigenvalue weighted by Gasteiger charge is 2.37. The molecular weight excluding hydrogens is 492 g/mol. The minimum absolute atomic E-state index is 0.0118. The number of nitrogens with one attached hydrogen (secondary N) is 2. The third-order valence-electron chi connectivity index (χ3n) is 5.92. The van der Waals surface area contributed by atoms with Crippen molar-refractivity contribution < 1.29 is 19.1 Å². The predicted molar refractivity (Wildman–Crippen MR) is 152 cm³/mol. The van der Waals surface area contributed by atoms with Crippen LogP contribution in [0.5, 0.6) is 0 Å². The van der Waals surface area contributed by atoms with Gasteiger partial charge in [-0.05, 0) is 69.7 Å². The minimum atomic E-state index is -1.24. The first-order chi connectivity index (χ1) is 18.3. The molecule has 0 spiro atoms. The van der Waals surface area contributed by atoms with E-state index < -0.39 is 42.1 Å². The second-order valence-electron chi connectivity index (χ2n) is 10.8. The fourth-order valence-electron chi connectivity index (χ4n) is 4.24. The number of aryl methyl sites for hydroxylation is 2. The number of terminal acetylenes is 1. The third-order valence-corrected chi connectivity index (χ3v) is 5.92. The molecule has 0 saturated heterocycles. The lowest BCUT2D eigenvalue weighted by Gasteiger charge is -2.34. The zero-order chi connectivity index (χ0) is 29.3. The molecule has 206 valence electrons. The molecule has 0 aliphatic rings. The van der Waals surface area contributed by atoms with E-state index >= 15 is 0 Å². The zero-order valence-electron chi connectivity index (χ0n) is 23.8. The van der Waals surface area contributed by atoms with Crippen LogP contribution in [0.2, 0.25) is 0 Å². The Labute approximate surface area is 231 Å². The lowest BCUT2D eigenvalue weighted by atomic mass is 9.96. The number of ether oxygens (including phenoxy) is 1. The number of nitrogens with zero attached hydrogens (tertiary/aromatic N) is 2. The molecule has 2 aromatic rings. The highest BCUT2D eigenvalue weighted by atomic mass is 16.6. The smallest absolute Gasteiger partial charge is 0.408 e. The molecule has 0 saturated carbocycles. The standard InChI is InChI=1S/C31H38N4O4/c1-9-23-15-10-11-16-24(23)27(28(36)34-26-21(4)13-12-14-22(26)5)35(18-17-32)29(37)25(19-20(2)3)33-30(38)39-31(6,7)8/h1,10-16,20,25,27H,18-19H2,2-8H3,(H,33,38)(H,34,36). The molecule has 39 heavy (non-hydrogen) atoms. The number of para-hydroxylation sites is 1. The van der Waals surface area contributed by atoms with Gasteiger partial charge in [0.1, 0.15) is 24.2 Å². The molecule has 0 bridgehead atoms. The second-order valence-corrected chi connectivity index (χ2v) is 10.8. The first kappa shape index (κ1) is 30.9. The number of rotatable bonds is 9. The number of hydrogen-bond donors (Lipinski definition) is 2. The Morgan fingerprint density at radius 1 is 1.05 bits per heavy atom. The van der Waals surface area contributed by atoms with Gasteiger partial charge in [-0.15, -0.1) is 6.42 Å². The first-order valence-electron chi connectivity index (χ1n) is 12.9. The highest BCUT2D eigenvalue weighted by molar-refractivity contribution is 6.00. The Bertz CT molecular complexity index is 1260. The molecular formula is C31H38N4O4. The second kappa shape index (κ2) is 13.5. The van der Waals surface area contributed by atoms with Gasteiger partial charge in [-0.25, -0.2) is 4.79 Å². The van der Waals surface area contributed by atoms with E-state index in [1.165, 1.54) is 4.90 Å². The van der Waals surface area contributed by atoms with Crippen molar-refractivity contribution in [1.82, 2.24) is 10.2 Å². The Hall–Kier alpha value is -4.30. The predicted octanol–water partition coefficient (Wildman–Crippen LogP) is 5.26. The summed E-state index contributed by atoms with van der Waals surface area (Å²) in [4.78, 5) is 41.8. The van der Waals surface area contributed by atoms with E-state index in [0.717, 1.165) is 11.1 Å². The highest BCUT2D eigenvalue weighted by Crippen LogP contribution is 2.29. The number of alkyl carbamates (subject to hydrolysis) is 1. The van der Waals surface area contributed by atoms with Crippen molar-refractivity contribution in [2.75, 3.05) is 11.9 Å². The van der Waals surface area contributed by atoms with Crippen LogP contribution < -0.4 is 10.6 Å². The van der Waals surface area contributed by atoms with E-state index in [0.29, 0.717) is 16.8 Å². The van der Waals surface area contributed by atoms with Gasteiger partial charge < -0.3 is 20.3 Å². The summed E-state index contributed by atoms with van der Waals surface area (Å²) in [6.07, 6.45) is 5.27. The van der Waals surface area contributed by atoms with Crippen LogP contribution in [-0.4, -0.2) is 41.0 Å². The number of anilines is 1. The Balaban J connectivity index is 2.62. The van der Waals surface area contributed by atoms with Gasteiger partial charge >= 0.3 is 6.09 Å². The molecule has 8 nitrogen and oxygen atoms in total. The summed E-state index contributed by atoms with van der Waals surface area (Å²) in [6.45, 7) is 12.3. The molecule has 0 aliphatic carbocycles. The van der Waals surface area contributed by atoms with Crippen molar-refractivity contribution in [3.05, 3.63) is 64.7 Å². The summed E-state index contributed by atoms with van der Waals surface area (Å²) in [6, 6.07) is 12.2. The summed E-state index contributed by atoms with van der Waals surface area (Å²) in [7, 11) is 0. The van der Waals surface area contributed by atoms with Gasteiger partial charge in [0.2, 0.25) is 5.91 Å². The lowest BCUT2D eigenvalue weighted by molar-refractivity contribution is -0.140. The van der Waals surface area contributed by atoms with Crippen LogP contribution in [0.25, 0.3) is 0 Å². The van der Waals surface area contributed by atoms with Gasteiger partial charge in [0.15, 0.2) is 0 Å². The van der Waals surface area contributed by atoms with Crippen LogP contribution in [0.4, 0.5) is 10.5 Å². The number of benzene rings is 2. The van der Waals surface area contributed by atoms with Gasteiger partial charge in [0.05, 0.1) is 6.07 Å². The molecule has 0 aliphatic heterocycles. The quantitative estimate of drug-likeness (QED) is 0.339. The fraction of sp³-hybridized carbons (Fsp3) is 0.419.